The van der Waals surface area contributed by atoms with Gasteiger partial charge in [-0.3, -0.25) is 4.99 Å². The van der Waals surface area contributed by atoms with Gasteiger partial charge >= 0.3 is 0 Å². The highest BCUT2D eigenvalue weighted by molar-refractivity contribution is 14.0. The van der Waals surface area contributed by atoms with Crippen LogP contribution in [-0.4, -0.2) is 47.9 Å². The van der Waals surface area contributed by atoms with Crippen molar-refractivity contribution in [2.75, 3.05) is 33.6 Å². The van der Waals surface area contributed by atoms with E-state index in [9.17, 15) is 8.42 Å². The van der Waals surface area contributed by atoms with Crippen LogP contribution in [0.3, 0.4) is 0 Å². The molecule has 0 heterocycles. The molecule has 0 spiro atoms. The third-order valence-corrected chi connectivity index (χ3v) is 5.93. The van der Waals surface area contributed by atoms with Gasteiger partial charge in [0.1, 0.15) is 0 Å². The molecule has 2 N–H and O–H groups in total. The first kappa shape index (κ1) is 25.0. The van der Waals surface area contributed by atoms with Crippen LogP contribution in [-0.2, 0) is 16.4 Å². The smallest absolute Gasteiger partial charge is 0.191 e. The van der Waals surface area contributed by atoms with Crippen molar-refractivity contribution in [2.24, 2.45) is 4.99 Å². The maximum absolute atomic E-state index is 12.3. The highest BCUT2D eigenvalue weighted by Crippen LogP contribution is 2.27. The van der Waals surface area contributed by atoms with E-state index in [-0.39, 0.29) is 29.7 Å². The molecule has 2 aromatic carbocycles. The third-order valence-electron chi connectivity index (χ3n) is 4.12. The first-order valence-corrected chi connectivity index (χ1v) is 10.6. The van der Waals surface area contributed by atoms with Crippen LogP contribution >= 0.6 is 24.0 Å². The van der Waals surface area contributed by atoms with Crippen LogP contribution < -0.4 is 20.1 Å². The quantitative estimate of drug-likeness (QED) is 0.223. The Morgan fingerprint density at radius 2 is 1.69 bits per heavy atom. The molecule has 7 nitrogen and oxygen atoms in total. The number of aliphatic imine (C=N–C) groups is 1. The van der Waals surface area contributed by atoms with E-state index in [4.69, 9.17) is 9.47 Å². The molecule has 29 heavy (non-hydrogen) atoms. The van der Waals surface area contributed by atoms with E-state index in [2.05, 4.69) is 15.6 Å². The van der Waals surface area contributed by atoms with Crippen molar-refractivity contribution in [3.8, 4) is 11.5 Å². The summed E-state index contributed by atoms with van der Waals surface area (Å²) in [6.45, 7) is 1.04. The van der Waals surface area contributed by atoms with E-state index in [0.717, 1.165) is 5.56 Å². The molecule has 0 unspecified atom stereocenters. The number of rotatable bonds is 9. The summed E-state index contributed by atoms with van der Waals surface area (Å²) in [7, 11) is 1.60. The number of sulfone groups is 1. The second kappa shape index (κ2) is 12.5. The van der Waals surface area contributed by atoms with Crippen molar-refractivity contribution in [3.05, 3.63) is 54.1 Å². The lowest BCUT2D eigenvalue weighted by molar-refractivity contribution is 0.354. The van der Waals surface area contributed by atoms with E-state index in [1.165, 1.54) is 0 Å². The topological polar surface area (TPSA) is 89.0 Å². The SMILES string of the molecule is CN=C(NCCCS(=O)(=O)c1ccccc1)NCc1ccc(OC)c(OC)c1.I. The summed E-state index contributed by atoms with van der Waals surface area (Å²) in [5, 5.41) is 6.33. The van der Waals surface area contributed by atoms with Gasteiger partial charge in [-0.15, -0.1) is 24.0 Å². The zero-order valence-electron chi connectivity index (χ0n) is 16.8. The summed E-state index contributed by atoms with van der Waals surface area (Å²) in [5.41, 5.74) is 1.01. The van der Waals surface area contributed by atoms with Gasteiger partial charge in [0.25, 0.3) is 0 Å². The Labute approximate surface area is 189 Å². The van der Waals surface area contributed by atoms with Gasteiger partial charge < -0.3 is 20.1 Å². The Morgan fingerprint density at radius 3 is 2.31 bits per heavy atom. The molecular weight excluding hydrogens is 505 g/mol. The van der Waals surface area contributed by atoms with E-state index >= 15 is 0 Å². The predicted molar refractivity (Wildman–Crippen MR) is 126 cm³/mol. The average Bonchev–Trinajstić information content (AvgIpc) is 2.73. The average molecular weight is 533 g/mol. The van der Waals surface area contributed by atoms with Gasteiger partial charge in [-0.2, -0.15) is 0 Å². The standard InChI is InChI=1S/C20H27N3O4S.HI/c1-21-20(23-15-16-10-11-18(26-2)19(14-16)27-3)22-12-7-13-28(24,25)17-8-5-4-6-9-17;/h4-6,8-11,14H,7,12-13,15H2,1-3H3,(H2,21,22,23);1H. The lowest BCUT2D eigenvalue weighted by Crippen LogP contribution is -2.37. The minimum absolute atomic E-state index is 0. The van der Waals surface area contributed by atoms with Crippen LogP contribution in [0.25, 0.3) is 0 Å². The highest BCUT2D eigenvalue weighted by Gasteiger charge is 2.13. The Balaban J connectivity index is 0.00000420. The maximum atomic E-state index is 12.3. The molecule has 0 bridgehead atoms. The molecule has 2 aromatic rings. The number of nitrogens with one attached hydrogen (secondary N) is 2. The zero-order chi connectivity index (χ0) is 20.4. The minimum Gasteiger partial charge on any atom is -0.493 e. The van der Waals surface area contributed by atoms with Crippen LogP contribution in [0.15, 0.2) is 58.4 Å². The molecule has 0 aliphatic rings. The number of benzene rings is 2. The fraction of sp³-hybridized carbons (Fsp3) is 0.350. The molecule has 9 heteroatoms. The molecular formula is C20H28IN3O4S. The number of halogens is 1. The fourth-order valence-electron chi connectivity index (χ4n) is 2.61. The first-order valence-electron chi connectivity index (χ1n) is 8.93. The molecule has 0 radical (unpaired) electrons. The van der Waals surface area contributed by atoms with Crippen LogP contribution in [0.2, 0.25) is 0 Å². The molecule has 0 atom stereocenters. The molecule has 0 aromatic heterocycles. The van der Waals surface area contributed by atoms with Crippen molar-refractivity contribution >= 4 is 39.8 Å². The van der Waals surface area contributed by atoms with E-state index in [1.807, 2.05) is 18.2 Å². The molecule has 0 fully saturated rings. The first-order chi connectivity index (χ1) is 13.5. The maximum Gasteiger partial charge on any atom is 0.191 e. The normalized spacial score (nSPS) is 11.3. The monoisotopic (exact) mass is 533 g/mol. The summed E-state index contributed by atoms with van der Waals surface area (Å²) in [6.07, 6.45) is 0.480. The number of methoxy groups -OCH3 is 2. The Bertz CT molecular complexity index is 890. The van der Waals surface area contributed by atoms with Gasteiger partial charge in [0.05, 0.1) is 24.9 Å². The number of guanidine groups is 1. The van der Waals surface area contributed by atoms with Crippen molar-refractivity contribution in [1.82, 2.24) is 10.6 Å². The van der Waals surface area contributed by atoms with Gasteiger partial charge in [-0.05, 0) is 36.2 Å². The van der Waals surface area contributed by atoms with Crippen LogP contribution in [0, 0.1) is 0 Å². The van der Waals surface area contributed by atoms with E-state index in [0.29, 0.717) is 41.9 Å². The lowest BCUT2D eigenvalue weighted by atomic mass is 10.2. The van der Waals surface area contributed by atoms with Gasteiger partial charge in [0.15, 0.2) is 27.3 Å². The molecule has 2 rings (SSSR count). The Hall–Kier alpha value is -2.01. The van der Waals surface area contributed by atoms with Crippen molar-refractivity contribution in [3.63, 3.8) is 0 Å². The van der Waals surface area contributed by atoms with Crippen LogP contribution in [0.5, 0.6) is 11.5 Å². The van der Waals surface area contributed by atoms with E-state index < -0.39 is 9.84 Å². The number of hydrogen-bond acceptors (Lipinski definition) is 5. The summed E-state index contributed by atoms with van der Waals surface area (Å²) < 4.78 is 35.1. The molecule has 0 amide bonds. The highest BCUT2D eigenvalue weighted by atomic mass is 127. The van der Waals surface area contributed by atoms with Gasteiger partial charge in [0.2, 0.25) is 0 Å². The van der Waals surface area contributed by atoms with Crippen LogP contribution in [0.4, 0.5) is 0 Å². The molecule has 0 aliphatic heterocycles. The predicted octanol–water partition coefficient (Wildman–Crippen LogP) is 2.85. The van der Waals surface area contributed by atoms with Gasteiger partial charge in [-0.25, -0.2) is 8.42 Å². The minimum atomic E-state index is -3.26. The fourth-order valence-corrected chi connectivity index (χ4v) is 3.94. The lowest BCUT2D eigenvalue weighted by Gasteiger charge is -2.13. The molecule has 0 saturated heterocycles. The van der Waals surface area contributed by atoms with Crippen LogP contribution in [0.1, 0.15) is 12.0 Å². The number of hydrogen-bond donors (Lipinski definition) is 2. The van der Waals surface area contributed by atoms with Gasteiger partial charge in [0, 0.05) is 20.1 Å². The number of nitrogens with zero attached hydrogens (tertiary/aromatic N) is 1. The third kappa shape index (κ3) is 7.73. The van der Waals surface area contributed by atoms with Gasteiger partial charge in [-0.1, -0.05) is 24.3 Å². The largest absolute Gasteiger partial charge is 0.493 e. The van der Waals surface area contributed by atoms with E-state index in [1.54, 1.807) is 51.6 Å². The Kier molecular flexibility index (Phi) is 10.8. The summed E-state index contributed by atoms with van der Waals surface area (Å²) in [5.74, 6) is 2.02. The number of ether oxygens (including phenoxy) is 2. The second-order valence-electron chi connectivity index (χ2n) is 6.03. The van der Waals surface area contributed by atoms with Crippen molar-refractivity contribution < 1.29 is 17.9 Å². The summed E-state index contributed by atoms with van der Waals surface area (Å²) in [6, 6.07) is 14.2. The van der Waals surface area contributed by atoms with Crippen molar-refractivity contribution in [2.45, 2.75) is 17.9 Å². The molecule has 160 valence electrons. The molecule has 0 saturated carbocycles. The second-order valence-corrected chi connectivity index (χ2v) is 8.14. The molecule has 0 aliphatic carbocycles. The summed E-state index contributed by atoms with van der Waals surface area (Å²) in [4.78, 5) is 4.51. The zero-order valence-corrected chi connectivity index (χ0v) is 20.0. The Morgan fingerprint density at radius 1 is 1.00 bits per heavy atom. The summed E-state index contributed by atoms with van der Waals surface area (Å²) >= 11 is 0. The van der Waals surface area contributed by atoms with Crippen molar-refractivity contribution in [1.29, 1.82) is 0 Å².